The van der Waals surface area contributed by atoms with Crippen LogP contribution >= 0.6 is 11.8 Å². The molecule has 0 atom stereocenters. The molecule has 7 heteroatoms. The number of pyridine rings is 1. The summed E-state index contributed by atoms with van der Waals surface area (Å²) < 4.78 is 12.0. The van der Waals surface area contributed by atoms with Crippen LogP contribution in [0.1, 0.15) is 38.1 Å². The molecule has 0 saturated carbocycles. The van der Waals surface area contributed by atoms with Crippen molar-refractivity contribution in [2.24, 2.45) is 0 Å². The van der Waals surface area contributed by atoms with Gasteiger partial charge in [-0.3, -0.25) is 4.40 Å². The van der Waals surface area contributed by atoms with Crippen LogP contribution in [0.25, 0.3) is 5.65 Å². The minimum absolute atomic E-state index is 0.175. The number of aromatic nitrogens is 3. The Bertz CT molecular complexity index is 908. The van der Waals surface area contributed by atoms with E-state index in [-0.39, 0.29) is 12.5 Å². The van der Waals surface area contributed by atoms with E-state index in [1.165, 1.54) is 0 Å². The quantitative estimate of drug-likeness (QED) is 0.586. The van der Waals surface area contributed by atoms with Crippen molar-refractivity contribution >= 4 is 23.6 Å². The Kier molecular flexibility index (Phi) is 5.78. The Morgan fingerprint density at radius 1 is 1.15 bits per heavy atom. The lowest BCUT2D eigenvalue weighted by molar-refractivity contribution is 0.0531. The van der Waals surface area contributed by atoms with Gasteiger partial charge in [0.1, 0.15) is 12.4 Å². The van der Waals surface area contributed by atoms with Gasteiger partial charge in [0.2, 0.25) is 0 Å². The van der Waals surface area contributed by atoms with Crippen molar-refractivity contribution in [1.29, 1.82) is 0 Å². The van der Waals surface area contributed by atoms with E-state index < -0.39 is 6.16 Å². The van der Waals surface area contributed by atoms with Gasteiger partial charge in [-0.05, 0) is 25.1 Å². The summed E-state index contributed by atoms with van der Waals surface area (Å²) in [5, 5.41) is 8.46. The van der Waals surface area contributed by atoms with E-state index in [1.54, 1.807) is 18.7 Å². The average Bonchev–Trinajstić information content (AvgIpc) is 3.05. The largest absolute Gasteiger partial charge is 0.508 e. The van der Waals surface area contributed by atoms with Crippen LogP contribution in [0.3, 0.4) is 0 Å². The molecule has 6 nitrogen and oxygen atoms in total. The fourth-order valence-corrected chi connectivity index (χ4v) is 3.44. The van der Waals surface area contributed by atoms with E-state index >= 15 is 0 Å². The summed E-state index contributed by atoms with van der Waals surface area (Å²) in [5.41, 5.74) is 1.76. The summed E-state index contributed by atoms with van der Waals surface area (Å²) in [6.07, 6.45) is 1.39. The molecule has 2 aromatic heterocycles. The van der Waals surface area contributed by atoms with Crippen molar-refractivity contribution < 1.29 is 14.3 Å². The molecule has 0 N–H and O–H groups in total. The first kappa shape index (κ1) is 18.3. The molecule has 0 aliphatic carbocycles. The number of rotatable bonds is 6. The smallest absolute Gasteiger partial charge is 0.435 e. The molecule has 0 radical (unpaired) electrons. The Hall–Kier alpha value is -2.54. The number of hydrogen-bond donors (Lipinski definition) is 0. The van der Waals surface area contributed by atoms with Crippen molar-refractivity contribution in [3.8, 4) is 0 Å². The van der Waals surface area contributed by atoms with E-state index in [0.717, 1.165) is 26.8 Å². The Balaban J connectivity index is 1.81. The van der Waals surface area contributed by atoms with Crippen LogP contribution in [-0.2, 0) is 16.1 Å². The van der Waals surface area contributed by atoms with Gasteiger partial charge in [0.05, 0.1) is 6.61 Å². The van der Waals surface area contributed by atoms with Crippen LogP contribution in [-0.4, -0.2) is 27.4 Å². The molecule has 0 saturated heterocycles. The molecular formula is C19H21N3O3S. The normalized spacial score (nSPS) is 11.1. The molecule has 1 aromatic carbocycles. The highest BCUT2D eigenvalue weighted by molar-refractivity contribution is 7.99. The summed E-state index contributed by atoms with van der Waals surface area (Å²) in [5.74, 6) is 1.22. The van der Waals surface area contributed by atoms with E-state index in [0.29, 0.717) is 6.61 Å². The molecule has 3 rings (SSSR count). The van der Waals surface area contributed by atoms with Gasteiger partial charge in [-0.25, -0.2) is 4.79 Å². The summed E-state index contributed by atoms with van der Waals surface area (Å²) in [7, 11) is 0. The van der Waals surface area contributed by atoms with Gasteiger partial charge in [-0.15, -0.1) is 10.2 Å². The Morgan fingerprint density at radius 3 is 2.73 bits per heavy atom. The average molecular weight is 371 g/mol. The lowest BCUT2D eigenvalue weighted by atomic mass is 10.2. The van der Waals surface area contributed by atoms with Gasteiger partial charge in [0, 0.05) is 27.5 Å². The zero-order valence-corrected chi connectivity index (χ0v) is 15.8. The molecule has 0 aliphatic rings. The van der Waals surface area contributed by atoms with E-state index in [2.05, 4.69) is 24.0 Å². The first-order valence-corrected chi connectivity index (χ1v) is 9.30. The Labute approximate surface area is 156 Å². The lowest BCUT2D eigenvalue weighted by Crippen LogP contribution is -2.07. The second-order valence-corrected chi connectivity index (χ2v) is 7.10. The maximum Gasteiger partial charge on any atom is 0.508 e. The molecule has 0 aliphatic heterocycles. The summed E-state index contributed by atoms with van der Waals surface area (Å²) >= 11 is 1.61. The number of ether oxygens (including phenoxy) is 2. The number of carbonyl (C=O) groups is 1. The molecule has 0 fully saturated rings. The zero-order chi connectivity index (χ0) is 18.5. The molecule has 0 bridgehead atoms. The van der Waals surface area contributed by atoms with Crippen LogP contribution in [0, 0.1) is 0 Å². The summed E-state index contributed by atoms with van der Waals surface area (Å²) in [4.78, 5) is 13.5. The minimum atomic E-state index is -0.653. The predicted octanol–water partition coefficient (Wildman–Crippen LogP) is 4.68. The van der Waals surface area contributed by atoms with Gasteiger partial charge in [0.15, 0.2) is 5.65 Å². The van der Waals surface area contributed by atoms with Crippen LogP contribution in [0.4, 0.5) is 4.79 Å². The SMILES string of the molecule is CCOC(=O)OCc1ccccc1Sc1ccc2nnc(C(C)C)n2c1. The van der Waals surface area contributed by atoms with Crippen molar-refractivity contribution in [2.75, 3.05) is 6.61 Å². The fourth-order valence-electron chi connectivity index (χ4n) is 2.49. The number of carbonyl (C=O) groups excluding carboxylic acids is 1. The molecule has 3 aromatic rings. The van der Waals surface area contributed by atoms with Crippen molar-refractivity contribution in [3.05, 3.63) is 54.0 Å². The summed E-state index contributed by atoms with van der Waals surface area (Å²) in [6, 6.07) is 11.8. The molecule has 0 unspecified atom stereocenters. The van der Waals surface area contributed by atoms with Crippen molar-refractivity contribution in [3.63, 3.8) is 0 Å². The second kappa shape index (κ2) is 8.23. The molecule has 136 valence electrons. The molecule has 2 heterocycles. The fraction of sp³-hybridized carbons (Fsp3) is 0.316. The van der Waals surface area contributed by atoms with Crippen molar-refractivity contribution in [2.45, 2.75) is 43.1 Å². The zero-order valence-electron chi connectivity index (χ0n) is 15.0. The van der Waals surface area contributed by atoms with Crippen LogP contribution < -0.4 is 0 Å². The number of nitrogens with zero attached hydrogens (tertiary/aromatic N) is 3. The van der Waals surface area contributed by atoms with Gasteiger partial charge in [-0.2, -0.15) is 0 Å². The Morgan fingerprint density at radius 2 is 1.96 bits per heavy atom. The van der Waals surface area contributed by atoms with Crippen LogP contribution in [0.2, 0.25) is 0 Å². The van der Waals surface area contributed by atoms with Crippen molar-refractivity contribution in [1.82, 2.24) is 14.6 Å². The second-order valence-electron chi connectivity index (χ2n) is 5.99. The standard InChI is InChI=1S/C19H21N3O3S/c1-4-24-19(23)25-12-14-7-5-6-8-16(14)26-15-9-10-17-20-21-18(13(2)3)22(17)11-15/h5-11,13H,4,12H2,1-3H3. The third-order valence-electron chi connectivity index (χ3n) is 3.73. The minimum Gasteiger partial charge on any atom is -0.435 e. The third-order valence-corrected chi connectivity index (χ3v) is 4.82. The molecule has 0 amide bonds. The van der Waals surface area contributed by atoms with Crippen LogP contribution in [0.5, 0.6) is 0 Å². The predicted molar refractivity (Wildman–Crippen MR) is 99.5 cm³/mol. The number of hydrogen-bond acceptors (Lipinski definition) is 6. The van der Waals surface area contributed by atoms with E-state index in [9.17, 15) is 4.79 Å². The highest BCUT2D eigenvalue weighted by atomic mass is 32.2. The van der Waals surface area contributed by atoms with Gasteiger partial charge in [0.25, 0.3) is 0 Å². The number of benzene rings is 1. The van der Waals surface area contributed by atoms with Gasteiger partial charge in [-0.1, -0.05) is 43.8 Å². The van der Waals surface area contributed by atoms with Crippen LogP contribution in [0.15, 0.2) is 52.4 Å². The molecular weight excluding hydrogens is 350 g/mol. The van der Waals surface area contributed by atoms with E-state index in [1.807, 2.05) is 47.0 Å². The maximum atomic E-state index is 11.4. The van der Waals surface area contributed by atoms with E-state index in [4.69, 9.17) is 9.47 Å². The highest BCUT2D eigenvalue weighted by Crippen LogP contribution is 2.31. The third kappa shape index (κ3) is 4.16. The topological polar surface area (TPSA) is 65.7 Å². The number of fused-ring (bicyclic) bond motifs is 1. The first-order valence-electron chi connectivity index (χ1n) is 8.48. The maximum absolute atomic E-state index is 11.4. The highest BCUT2D eigenvalue weighted by Gasteiger charge is 2.12. The van der Waals surface area contributed by atoms with Gasteiger partial charge >= 0.3 is 6.16 Å². The first-order chi connectivity index (χ1) is 12.6. The molecule has 26 heavy (non-hydrogen) atoms. The summed E-state index contributed by atoms with van der Waals surface area (Å²) in [6.45, 7) is 6.41. The lowest BCUT2D eigenvalue weighted by Gasteiger charge is -2.10. The van der Waals surface area contributed by atoms with Gasteiger partial charge < -0.3 is 9.47 Å². The molecule has 0 spiro atoms. The monoisotopic (exact) mass is 371 g/mol.